The first-order valence-corrected chi connectivity index (χ1v) is 16.3. The van der Waals surface area contributed by atoms with Gasteiger partial charge in [0.2, 0.25) is 0 Å². The molecule has 1 heterocycles. The zero-order valence-electron chi connectivity index (χ0n) is 27.2. The summed E-state index contributed by atoms with van der Waals surface area (Å²) in [5.41, 5.74) is 6.26. The summed E-state index contributed by atoms with van der Waals surface area (Å²) in [6, 6.07) is 19.9. The van der Waals surface area contributed by atoms with Crippen molar-refractivity contribution in [2.45, 2.75) is 58.0 Å². The standard InChI is InChI=1S/C37H41ClFNO9/c1-21-12-26(16-40-17-30(42)36(44)37(45)31(43)18-41)34(48-19-23-6-8-29(39)28(38)13-23)15-33(21)49-20-25-4-3-5-27(22(25)2)24-7-9-32-35(14-24)47-11-10-46-32/h3-9,12-15,30-31,36-37,40-45H,10-11,16-20H2,1-2H3/t30-,31+,36+,37+/m0/s1. The van der Waals surface area contributed by atoms with E-state index in [1.54, 1.807) is 12.1 Å². The number of benzene rings is 4. The molecule has 0 aliphatic carbocycles. The molecule has 262 valence electrons. The van der Waals surface area contributed by atoms with Crippen molar-refractivity contribution in [3.8, 4) is 34.1 Å². The molecule has 0 bridgehead atoms. The van der Waals surface area contributed by atoms with Gasteiger partial charge in [-0.15, -0.1) is 0 Å². The number of ether oxygens (including phenoxy) is 4. The molecule has 10 nitrogen and oxygen atoms in total. The van der Waals surface area contributed by atoms with Crippen molar-refractivity contribution in [2.24, 2.45) is 0 Å². The van der Waals surface area contributed by atoms with Crippen molar-refractivity contribution in [3.63, 3.8) is 0 Å². The molecule has 1 aliphatic heterocycles. The number of hydrogen-bond donors (Lipinski definition) is 6. The molecular weight excluding hydrogens is 657 g/mol. The van der Waals surface area contributed by atoms with Gasteiger partial charge in [-0.3, -0.25) is 0 Å². The first kappa shape index (κ1) is 36.3. The molecule has 0 amide bonds. The lowest BCUT2D eigenvalue weighted by Gasteiger charge is -2.26. The van der Waals surface area contributed by atoms with Crippen LogP contribution in [-0.2, 0) is 19.8 Å². The second-order valence-corrected chi connectivity index (χ2v) is 12.3. The lowest BCUT2D eigenvalue weighted by molar-refractivity contribution is -0.114. The van der Waals surface area contributed by atoms with Crippen molar-refractivity contribution in [1.29, 1.82) is 0 Å². The number of hydrogen-bond acceptors (Lipinski definition) is 10. The third kappa shape index (κ3) is 9.00. The van der Waals surface area contributed by atoms with Gasteiger partial charge < -0.3 is 49.8 Å². The summed E-state index contributed by atoms with van der Waals surface area (Å²) in [4.78, 5) is 0. The molecule has 1 aliphatic rings. The fourth-order valence-electron chi connectivity index (χ4n) is 5.51. The number of nitrogens with one attached hydrogen (secondary N) is 1. The predicted octanol–water partition coefficient (Wildman–Crippen LogP) is 4.22. The van der Waals surface area contributed by atoms with Crippen LogP contribution < -0.4 is 24.3 Å². The molecule has 12 heteroatoms. The van der Waals surface area contributed by atoms with E-state index in [0.717, 1.165) is 33.6 Å². The van der Waals surface area contributed by atoms with E-state index in [2.05, 4.69) is 11.4 Å². The van der Waals surface area contributed by atoms with Gasteiger partial charge >= 0.3 is 0 Å². The highest BCUT2D eigenvalue weighted by Crippen LogP contribution is 2.37. The molecule has 0 radical (unpaired) electrons. The topological polar surface area (TPSA) is 150 Å². The third-order valence-electron chi connectivity index (χ3n) is 8.41. The molecular formula is C37H41ClFNO9. The predicted molar refractivity (Wildman–Crippen MR) is 182 cm³/mol. The number of aryl methyl sites for hydroxylation is 1. The van der Waals surface area contributed by atoms with Gasteiger partial charge in [0.1, 0.15) is 62.1 Å². The van der Waals surface area contributed by atoms with Crippen molar-refractivity contribution in [1.82, 2.24) is 5.32 Å². The van der Waals surface area contributed by atoms with Gasteiger partial charge in [-0.1, -0.05) is 41.9 Å². The second-order valence-electron chi connectivity index (χ2n) is 11.9. The monoisotopic (exact) mass is 697 g/mol. The molecule has 4 atom stereocenters. The largest absolute Gasteiger partial charge is 0.488 e. The first-order valence-electron chi connectivity index (χ1n) is 15.9. The maximum Gasteiger partial charge on any atom is 0.161 e. The molecule has 4 aromatic carbocycles. The van der Waals surface area contributed by atoms with Gasteiger partial charge in [0.25, 0.3) is 0 Å². The number of rotatable bonds is 15. The fourth-order valence-corrected chi connectivity index (χ4v) is 5.71. The quantitative estimate of drug-likeness (QED) is 0.107. The number of fused-ring (bicyclic) bond motifs is 1. The van der Waals surface area contributed by atoms with Crippen LogP contribution in [0, 0.1) is 19.7 Å². The summed E-state index contributed by atoms with van der Waals surface area (Å²) in [6.07, 6.45) is -6.46. The van der Waals surface area contributed by atoms with Crippen molar-refractivity contribution in [2.75, 3.05) is 26.4 Å². The Bertz CT molecular complexity index is 1740. The van der Waals surface area contributed by atoms with Crippen LogP contribution in [0.15, 0.2) is 66.7 Å². The SMILES string of the molecule is Cc1cc(CNC[C@H](O)[C@@H](O)[C@H](O)[C@H](O)CO)c(OCc2ccc(F)c(Cl)c2)cc1OCc1cccc(-c2ccc3c(c2)OCCO3)c1C. The zero-order valence-corrected chi connectivity index (χ0v) is 28.0. The van der Waals surface area contributed by atoms with Crippen LogP contribution in [0.1, 0.15) is 27.8 Å². The highest BCUT2D eigenvalue weighted by Gasteiger charge is 2.29. The number of aliphatic hydroxyl groups is 5. The summed E-state index contributed by atoms with van der Waals surface area (Å²) < 4.78 is 37.7. The first-order chi connectivity index (χ1) is 23.5. The third-order valence-corrected chi connectivity index (χ3v) is 8.70. The van der Waals surface area contributed by atoms with Crippen LogP contribution >= 0.6 is 11.6 Å². The zero-order chi connectivity index (χ0) is 35.1. The van der Waals surface area contributed by atoms with Gasteiger partial charge in [0.15, 0.2) is 11.5 Å². The van der Waals surface area contributed by atoms with E-state index in [1.165, 1.54) is 12.1 Å². The van der Waals surface area contributed by atoms with Gasteiger partial charge in [-0.2, -0.15) is 0 Å². The van der Waals surface area contributed by atoms with E-state index in [9.17, 15) is 24.8 Å². The van der Waals surface area contributed by atoms with Crippen LogP contribution in [0.5, 0.6) is 23.0 Å². The molecule has 0 saturated carbocycles. The minimum absolute atomic E-state index is 0.0224. The van der Waals surface area contributed by atoms with Gasteiger partial charge in [0.05, 0.1) is 17.7 Å². The summed E-state index contributed by atoms with van der Waals surface area (Å²) in [5, 5.41) is 52.1. The lowest BCUT2D eigenvalue weighted by Crippen LogP contribution is -2.48. The second kappa shape index (κ2) is 16.6. The Morgan fingerprint density at radius 3 is 2.31 bits per heavy atom. The Balaban J connectivity index is 1.33. The maximum absolute atomic E-state index is 13.8. The van der Waals surface area contributed by atoms with E-state index >= 15 is 0 Å². The van der Waals surface area contributed by atoms with Crippen LogP contribution in [0.4, 0.5) is 4.39 Å². The highest BCUT2D eigenvalue weighted by atomic mass is 35.5. The Morgan fingerprint density at radius 2 is 1.55 bits per heavy atom. The molecule has 49 heavy (non-hydrogen) atoms. The van der Waals surface area contributed by atoms with E-state index in [-0.39, 0.29) is 31.3 Å². The summed E-state index contributed by atoms with van der Waals surface area (Å²) in [6.45, 7) is 4.62. The number of halogens is 2. The minimum Gasteiger partial charge on any atom is -0.488 e. The van der Waals surface area contributed by atoms with Gasteiger partial charge in [-0.05, 0) is 77.6 Å². The van der Waals surface area contributed by atoms with Crippen LogP contribution in [-0.4, -0.2) is 76.3 Å². The summed E-state index contributed by atoms with van der Waals surface area (Å²) in [7, 11) is 0. The molecule has 5 rings (SSSR count). The summed E-state index contributed by atoms with van der Waals surface area (Å²) in [5.74, 6) is 1.95. The molecule has 0 spiro atoms. The van der Waals surface area contributed by atoms with Crippen molar-refractivity contribution < 1.29 is 48.9 Å². The Morgan fingerprint density at radius 1 is 0.816 bits per heavy atom. The molecule has 0 aromatic heterocycles. The van der Waals surface area contributed by atoms with E-state index in [1.807, 2.05) is 50.2 Å². The molecule has 0 unspecified atom stereocenters. The fraction of sp³-hybridized carbons (Fsp3) is 0.351. The molecule has 0 fully saturated rings. The minimum atomic E-state index is -1.73. The average molecular weight is 698 g/mol. The van der Waals surface area contributed by atoms with Gasteiger partial charge in [-0.25, -0.2) is 4.39 Å². The van der Waals surface area contributed by atoms with E-state index in [0.29, 0.717) is 41.6 Å². The number of aliphatic hydroxyl groups excluding tert-OH is 5. The van der Waals surface area contributed by atoms with E-state index in [4.69, 9.17) is 35.7 Å². The molecule has 6 N–H and O–H groups in total. The van der Waals surface area contributed by atoms with Crippen molar-refractivity contribution >= 4 is 11.6 Å². The van der Waals surface area contributed by atoms with E-state index < -0.39 is 36.8 Å². The van der Waals surface area contributed by atoms with Crippen LogP contribution in [0.25, 0.3) is 11.1 Å². The van der Waals surface area contributed by atoms with Crippen molar-refractivity contribution in [3.05, 3.63) is 105 Å². The van der Waals surface area contributed by atoms with Gasteiger partial charge in [0, 0.05) is 24.7 Å². The Kier molecular flexibility index (Phi) is 12.3. The normalized spacial score (nSPS) is 15.0. The Labute approximate surface area is 289 Å². The average Bonchev–Trinajstić information content (AvgIpc) is 3.11. The smallest absolute Gasteiger partial charge is 0.161 e. The van der Waals surface area contributed by atoms with Crippen LogP contribution in [0.3, 0.4) is 0 Å². The molecule has 4 aromatic rings. The summed E-state index contributed by atoms with van der Waals surface area (Å²) >= 11 is 5.98. The Hall–Kier alpha value is -3.94. The van der Waals surface area contributed by atoms with Crippen LogP contribution in [0.2, 0.25) is 5.02 Å². The maximum atomic E-state index is 13.8. The lowest BCUT2D eigenvalue weighted by atomic mass is 9.96. The molecule has 0 saturated heterocycles. The highest BCUT2D eigenvalue weighted by molar-refractivity contribution is 6.30.